The van der Waals surface area contributed by atoms with E-state index in [1.54, 1.807) is 0 Å². The van der Waals surface area contributed by atoms with Gasteiger partial charge in [-0.1, -0.05) is 38.1 Å². The normalized spacial score (nSPS) is 26.7. The molecule has 1 aliphatic rings. The van der Waals surface area contributed by atoms with Gasteiger partial charge in [-0.25, -0.2) is 0 Å². The molecule has 2 rings (SSSR count). The van der Waals surface area contributed by atoms with E-state index in [9.17, 15) is 9.59 Å². The van der Waals surface area contributed by atoms with Crippen LogP contribution in [0.1, 0.15) is 44.4 Å². The summed E-state index contributed by atoms with van der Waals surface area (Å²) < 4.78 is 5.04. The van der Waals surface area contributed by atoms with E-state index in [1.807, 2.05) is 50.1 Å². The number of rotatable bonds is 5. The molecule has 138 valence electrons. The first kappa shape index (κ1) is 19.4. The van der Waals surface area contributed by atoms with E-state index in [0.717, 1.165) is 11.1 Å². The maximum atomic E-state index is 12.9. The van der Waals surface area contributed by atoms with Crippen molar-refractivity contribution < 1.29 is 14.3 Å². The molecule has 1 saturated heterocycles. The minimum absolute atomic E-state index is 0.00133. The summed E-state index contributed by atoms with van der Waals surface area (Å²) in [6.45, 7) is 8.67. The quantitative estimate of drug-likeness (QED) is 0.833. The molecule has 0 spiro atoms. The number of likely N-dealkylation sites (N-methyl/N-ethyl adjacent to an activating group) is 1. The van der Waals surface area contributed by atoms with Crippen LogP contribution >= 0.6 is 0 Å². The Kier molecular flexibility index (Phi) is 5.88. The van der Waals surface area contributed by atoms with Crippen LogP contribution in [0.3, 0.4) is 0 Å². The van der Waals surface area contributed by atoms with E-state index >= 15 is 0 Å². The molecule has 1 fully saturated rings. The van der Waals surface area contributed by atoms with Crippen molar-refractivity contribution in [1.82, 2.24) is 10.2 Å². The molecule has 1 aromatic rings. The number of benzene rings is 1. The van der Waals surface area contributed by atoms with Gasteiger partial charge in [0.2, 0.25) is 5.91 Å². The largest absolute Gasteiger partial charge is 0.468 e. The summed E-state index contributed by atoms with van der Waals surface area (Å²) >= 11 is 0. The molecule has 1 heterocycles. The molecule has 0 bridgehead atoms. The molecule has 1 aliphatic heterocycles. The number of esters is 1. The molecule has 0 radical (unpaired) electrons. The van der Waals surface area contributed by atoms with E-state index in [0.29, 0.717) is 18.9 Å². The molecule has 1 N–H and O–H groups in total. The van der Waals surface area contributed by atoms with Crippen LogP contribution < -0.4 is 5.32 Å². The van der Waals surface area contributed by atoms with Crippen molar-refractivity contribution in [3.63, 3.8) is 0 Å². The summed E-state index contributed by atoms with van der Waals surface area (Å²) in [4.78, 5) is 27.3. The van der Waals surface area contributed by atoms with Crippen LogP contribution in [-0.2, 0) is 14.3 Å². The molecule has 0 saturated carbocycles. The second kappa shape index (κ2) is 7.56. The van der Waals surface area contributed by atoms with E-state index in [4.69, 9.17) is 4.74 Å². The number of hydrogen-bond acceptors (Lipinski definition) is 4. The van der Waals surface area contributed by atoms with Gasteiger partial charge in [-0.05, 0) is 44.4 Å². The van der Waals surface area contributed by atoms with Crippen molar-refractivity contribution >= 4 is 11.9 Å². The first-order valence-corrected chi connectivity index (χ1v) is 8.87. The number of aryl methyl sites for hydroxylation is 1. The number of ether oxygens (including phenoxy) is 1. The second-order valence-electron chi connectivity index (χ2n) is 7.63. The number of carbonyl (C=O) groups is 2. The highest BCUT2D eigenvalue weighted by Gasteiger charge is 2.55. The summed E-state index contributed by atoms with van der Waals surface area (Å²) in [7, 11) is 3.31. The van der Waals surface area contributed by atoms with Crippen LogP contribution in [0, 0.1) is 18.8 Å². The van der Waals surface area contributed by atoms with Crippen molar-refractivity contribution in [3.05, 3.63) is 35.4 Å². The minimum Gasteiger partial charge on any atom is -0.468 e. The average Bonchev–Trinajstić information content (AvgIpc) is 2.85. The Morgan fingerprint density at radius 2 is 2.00 bits per heavy atom. The molecule has 1 aromatic carbocycles. The standard InChI is InChI=1S/C20H30N2O3/c1-13(2)12-21-18(23)16-11-20(4,19(24)25-6)22(5)17(16)15-10-8-7-9-14(15)3/h7-10,13,16-17H,11-12H2,1-6H3,(H,21,23)/t16-,17-,20-/m0/s1. The predicted molar refractivity (Wildman–Crippen MR) is 98.1 cm³/mol. The molecular formula is C20H30N2O3. The summed E-state index contributed by atoms with van der Waals surface area (Å²) in [6.07, 6.45) is 0.444. The molecular weight excluding hydrogens is 316 g/mol. The van der Waals surface area contributed by atoms with Crippen molar-refractivity contribution in [2.75, 3.05) is 20.7 Å². The zero-order chi connectivity index (χ0) is 18.8. The third-order valence-corrected chi connectivity index (χ3v) is 5.35. The van der Waals surface area contributed by atoms with Gasteiger partial charge in [0.25, 0.3) is 0 Å². The third-order valence-electron chi connectivity index (χ3n) is 5.35. The summed E-state index contributed by atoms with van der Waals surface area (Å²) in [6, 6.07) is 7.90. The number of nitrogens with one attached hydrogen (secondary N) is 1. The van der Waals surface area contributed by atoms with Crippen molar-refractivity contribution in [2.45, 2.75) is 45.7 Å². The lowest BCUT2D eigenvalue weighted by molar-refractivity contribution is -0.152. The summed E-state index contributed by atoms with van der Waals surface area (Å²) in [5.41, 5.74) is 1.39. The molecule has 5 nitrogen and oxygen atoms in total. The Morgan fingerprint density at radius 1 is 1.36 bits per heavy atom. The van der Waals surface area contributed by atoms with Crippen LogP contribution in [0.2, 0.25) is 0 Å². The highest BCUT2D eigenvalue weighted by Crippen LogP contribution is 2.47. The number of amides is 1. The molecule has 0 aromatic heterocycles. The van der Waals surface area contributed by atoms with Crippen molar-refractivity contribution in [2.24, 2.45) is 11.8 Å². The lowest BCUT2D eigenvalue weighted by Crippen LogP contribution is -2.47. The Morgan fingerprint density at radius 3 is 2.56 bits per heavy atom. The van der Waals surface area contributed by atoms with E-state index in [1.165, 1.54) is 7.11 Å². The van der Waals surface area contributed by atoms with Gasteiger partial charge in [0.05, 0.1) is 13.0 Å². The fraction of sp³-hybridized carbons (Fsp3) is 0.600. The average molecular weight is 346 g/mol. The van der Waals surface area contributed by atoms with Crippen molar-refractivity contribution in [1.29, 1.82) is 0 Å². The fourth-order valence-corrected chi connectivity index (χ4v) is 3.72. The van der Waals surface area contributed by atoms with Crippen LogP contribution in [0.15, 0.2) is 24.3 Å². The molecule has 25 heavy (non-hydrogen) atoms. The number of hydrogen-bond donors (Lipinski definition) is 1. The van der Waals surface area contributed by atoms with E-state index < -0.39 is 5.54 Å². The second-order valence-corrected chi connectivity index (χ2v) is 7.63. The van der Waals surface area contributed by atoms with Crippen LogP contribution in [0.25, 0.3) is 0 Å². The third kappa shape index (κ3) is 3.71. The first-order chi connectivity index (χ1) is 11.7. The zero-order valence-corrected chi connectivity index (χ0v) is 16.1. The number of likely N-dealkylation sites (tertiary alicyclic amines) is 1. The molecule has 5 heteroatoms. The van der Waals surface area contributed by atoms with Gasteiger partial charge in [-0.3, -0.25) is 14.5 Å². The smallest absolute Gasteiger partial charge is 0.326 e. The highest BCUT2D eigenvalue weighted by molar-refractivity contribution is 5.86. The van der Waals surface area contributed by atoms with Crippen LogP contribution in [0.4, 0.5) is 0 Å². The lowest BCUT2D eigenvalue weighted by atomic mass is 9.88. The molecule has 3 atom stereocenters. The lowest BCUT2D eigenvalue weighted by Gasteiger charge is -2.33. The van der Waals surface area contributed by atoms with Gasteiger partial charge in [0.15, 0.2) is 0 Å². The van der Waals surface area contributed by atoms with Gasteiger partial charge in [-0.15, -0.1) is 0 Å². The van der Waals surface area contributed by atoms with Gasteiger partial charge >= 0.3 is 5.97 Å². The Hall–Kier alpha value is -1.88. The maximum Gasteiger partial charge on any atom is 0.326 e. The fourth-order valence-electron chi connectivity index (χ4n) is 3.72. The van der Waals surface area contributed by atoms with Gasteiger partial charge in [0, 0.05) is 12.6 Å². The summed E-state index contributed by atoms with van der Waals surface area (Å²) in [5.74, 6) is -0.213. The Labute approximate surface area is 150 Å². The van der Waals surface area contributed by atoms with E-state index in [2.05, 4.69) is 19.2 Å². The number of carbonyl (C=O) groups excluding carboxylic acids is 2. The van der Waals surface area contributed by atoms with Gasteiger partial charge < -0.3 is 10.1 Å². The highest BCUT2D eigenvalue weighted by atomic mass is 16.5. The zero-order valence-electron chi connectivity index (χ0n) is 16.1. The molecule has 0 unspecified atom stereocenters. The SMILES string of the molecule is COC(=O)[C@]1(C)C[C@H](C(=O)NCC(C)C)[C@H](c2ccccc2C)N1C. The predicted octanol–water partition coefficient (Wildman–Crippen LogP) is 2.69. The summed E-state index contributed by atoms with van der Waals surface area (Å²) in [5, 5.41) is 3.04. The van der Waals surface area contributed by atoms with Crippen molar-refractivity contribution in [3.8, 4) is 0 Å². The molecule has 0 aliphatic carbocycles. The first-order valence-electron chi connectivity index (χ1n) is 8.87. The van der Waals surface area contributed by atoms with Gasteiger partial charge in [-0.2, -0.15) is 0 Å². The Balaban J connectivity index is 2.41. The minimum atomic E-state index is -0.818. The van der Waals surface area contributed by atoms with Gasteiger partial charge in [0.1, 0.15) is 5.54 Å². The monoisotopic (exact) mass is 346 g/mol. The molecule has 1 amide bonds. The van der Waals surface area contributed by atoms with Crippen LogP contribution in [0.5, 0.6) is 0 Å². The number of nitrogens with zero attached hydrogens (tertiary/aromatic N) is 1. The van der Waals surface area contributed by atoms with Crippen LogP contribution in [-0.4, -0.2) is 43.0 Å². The maximum absolute atomic E-state index is 12.9. The van der Waals surface area contributed by atoms with E-state index in [-0.39, 0.29) is 23.8 Å². The Bertz CT molecular complexity index is 644. The topological polar surface area (TPSA) is 58.6 Å². The number of methoxy groups -OCH3 is 1.